The zero-order chi connectivity index (χ0) is 13.8. The topological polar surface area (TPSA) is 29.1 Å². The smallest absolute Gasteiger partial charge is 0.253 e. The third-order valence-electron chi connectivity index (χ3n) is 3.94. The summed E-state index contributed by atoms with van der Waals surface area (Å²) in [5.74, 6) is 0.164. The van der Waals surface area contributed by atoms with Gasteiger partial charge in [-0.2, -0.15) is 0 Å². The molecule has 19 heavy (non-hydrogen) atoms. The largest absolute Gasteiger partial charge is 0.349 e. The molecule has 1 amide bonds. The Labute approximate surface area is 118 Å². The normalized spacial score (nSPS) is 23.1. The lowest BCUT2D eigenvalue weighted by atomic mass is 9.84. The molecule has 1 aromatic carbocycles. The van der Waals surface area contributed by atoms with Crippen LogP contribution in [0.3, 0.4) is 0 Å². The average molecular weight is 284 g/mol. The molecule has 1 aliphatic rings. The molecule has 0 unspecified atom stereocenters. The van der Waals surface area contributed by atoms with E-state index in [9.17, 15) is 9.18 Å². The van der Waals surface area contributed by atoms with Gasteiger partial charge in [0.05, 0.1) is 10.6 Å². The Bertz CT molecular complexity index is 455. The fourth-order valence-corrected chi connectivity index (χ4v) is 2.90. The van der Waals surface area contributed by atoms with E-state index in [-0.39, 0.29) is 17.0 Å². The SMILES string of the molecule is CCC1CCC(NC(=O)c2ccc(F)cc2Cl)CC1. The van der Waals surface area contributed by atoms with Crippen LogP contribution in [0, 0.1) is 11.7 Å². The maximum Gasteiger partial charge on any atom is 0.253 e. The van der Waals surface area contributed by atoms with Crippen LogP contribution in [0.5, 0.6) is 0 Å². The first-order valence-electron chi connectivity index (χ1n) is 6.86. The van der Waals surface area contributed by atoms with Crippen molar-refractivity contribution in [2.45, 2.75) is 45.1 Å². The van der Waals surface area contributed by atoms with Gasteiger partial charge in [-0.05, 0) is 49.8 Å². The number of hydrogen-bond acceptors (Lipinski definition) is 1. The van der Waals surface area contributed by atoms with Crippen LogP contribution in [-0.4, -0.2) is 11.9 Å². The fraction of sp³-hybridized carbons (Fsp3) is 0.533. The van der Waals surface area contributed by atoms with Gasteiger partial charge in [0, 0.05) is 6.04 Å². The van der Waals surface area contributed by atoms with E-state index in [1.54, 1.807) is 0 Å². The van der Waals surface area contributed by atoms with E-state index in [2.05, 4.69) is 12.2 Å². The summed E-state index contributed by atoms with van der Waals surface area (Å²) in [5, 5.41) is 3.16. The molecular formula is C15H19ClFNO. The van der Waals surface area contributed by atoms with Crippen molar-refractivity contribution < 1.29 is 9.18 Å². The first-order chi connectivity index (χ1) is 9.10. The van der Waals surface area contributed by atoms with Crippen molar-refractivity contribution >= 4 is 17.5 Å². The Morgan fingerprint density at radius 3 is 2.63 bits per heavy atom. The highest BCUT2D eigenvalue weighted by Crippen LogP contribution is 2.27. The minimum atomic E-state index is -0.426. The summed E-state index contributed by atoms with van der Waals surface area (Å²) in [6.07, 6.45) is 5.58. The van der Waals surface area contributed by atoms with Gasteiger partial charge in [-0.25, -0.2) is 4.39 Å². The highest BCUT2D eigenvalue weighted by molar-refractivity contribution is 6.33. The van der Waals surface area contributed by atoms with Crippen LogP contribution < -0.4 is 5.32 Å². The van der Waals surface area contributed by atoms with Gasteiger partial charge in [-0.1, -0.05) is 24.9 Å². The van der Waals surface area contributed by atoms with E-state index >= 15 is 0 Å². The molecule has 0 spiro atoms. The number of carbonyl (C=O) groups is 1. The van der Waals surface area contributed by atoms with Crippen molar-refractivity contribution in [3.8, 4) is 0 Å². The predicted octanol–water partition coefficient (Wildman–Crippen LogP) is 4.18. The minimum absolute atomic E-state index is 0.166. The third-order valence-corrected chi connectivity index (χ3v) is 4.25. The van der Waals surface area contributed by atoms with Crippen molar-refractivity contribution in [1.29, 1.82) is 0 Å². The number of benzene rings is 1. The predicted molar refractivity (Wildman–Crippen MR) is 74.9 cm³/mol. The number of hydrogen-bond donors (Lipinski definition) is 1. The molecule has 2 nitrogen and oxygen atoms in total. The third kappa shape index (κ3) is 3.69. The summed E-state index contributed by atoms with van der Waals surface area (Å²) in [5.41, 5.74) is 0.348. The van der Waals surface area contributed by atoms with Crippen molar-refractivity contribution in [2.24, 2.45) is 5.92 Å². The molecule has 1 N–H and O–H groups in total. The summed E-state index contributed by atoms with van der Waals surface area (Å²) in [4.78, 5) is 12.1. The minimum Gasteiger partial charge on any atom is -0.349 e. The van der Waals surface area contributed by atoms with Crippen molar-refractivity contribution in [3.05, 3.63) is 34.6 Å². The van der Waals surface area contributed by atoms with E-state index in [0.717, 1.165) is 18.8 Å². The lowest BCUT2D eigenvalue weighted by Crippen LogP contribution is -2.37. The Morgan fingerprint density at radius 1 is 1.37 bits per heavy atom. The molecule has 2 rings (SSSR count). The van der Waals surface area contributed by atoms with Gasteiger partial charge in [-0.15, -0.1) is 0 Å². The summed E-state index contributed by atoms with van der Waals surface area (Å²) >= 11 is 5.89. The van der Waals surface area contributed by atoms with E-state index in [1.807, 2.05) is 0 Å². The number of rotatable bonds is 3. The fourth-order valence-electron chi connectivity index (χ4n) is 2.65. The van der Waals surface area contributed by atoms with Crippen LogP contribution in [0.15, 0.2) is 18.2 Å². The molecule has 0 heterocycles. The van der Waals surface area contributed by atoms with Gasteiger partial charge in [0.25, 0.3) is 5.91 Å². The maximum atomic E-state index is 12.9. The van der Waals surface area contributed by atoms with Crippen molar-refractivity contribution in [2.75, 3.05) is 0 Å². The summed E-state index contributed by atoms with van der Waals surface area (Å²) < 4.78 is 12.9. The van der Waals surface area contributed by atoms with Gasteiger partial charge in [-0.3, -0.25) is 4.79 Å². The molecule has 0 atom stereocenters. The van der Waals surface area contributed by atoms with E-state index < -0.39 is 5.82 Å². The van der Waals surface area contributed by atoms with Crippen LogP contribution in [-0.2, 0) is 0 Å². The molecule has 1 aliphatic carbocycles. The highest BCUT2D eigenvalue weighted by atomic mass is 35.5. The zero-order valence-electron chi connectivity index (χ0n) is 11.1. The highest BCUT2D eigenvalue weighted by Gasteiger charge is 2.22. The maximum absolute atomic E-state index is 12.9. The van der Waals surface area contributed by atoms with Gasteiger partial charge in [0.2, 0.25) is 0 Å². The summed E-state index contributed by atoms with van der Waals surface area (Å²) in [6, 6.07) is 4.08. The quantitative estimate of drug-likeness (QED) is 0.886. The lowest BCUT2D eigenvalue weighted by molar-refractivity contribution is 0.0921. The van der Waals surface area contributed by atoms with Crippen LogP contribution in [0.25, 0.3) is 0 Å². The number of carbonyl (C=O) groups excluding carboxylic acids is 1. The molecular weight excluding hydrogens is 265 g/mol. The van der Waals surface area contributed by atoms with Gasteiger partial charge < -0.3 is 5.32 Å². The Hall–Kier alpha value is -1.09. The van der Waals surface area contributed by atoms with Crippen molar-refractivity contribution in [3.63, 3.8) is 0 Å². The molecule has 0 bridgehead atoms. The summed E-state index contributed by atoms with van der Waals surface area (Å²) in [6.45, 7) is 2.21. The molecule has 0 saturated heterocycles. The molecule has 104 valence electrons. The Morgan fingerprint density at radius 2 is 2.05 bits per heavy atom. The average Bonchev–Trinajstić information content (AvgIpc) is 2.39. The molecule has 4 heteroatoms. The van der Waals surface area contributed by atoms with Crippen molar-refractivity contribution in [1.82, 2.24) is 5.32 Å². The second-order valence-corrected chi connectivity index (χ2v) is 5.63. The molecule has 1 fully saturated rings. The Balaban J connectivity index is 1.94. The number of nitrogens with one attached hydrogen (secondary N) is 1. The monoisotopic (exact) mass is 283 g/mol. The van der Waals surface area contributed by atoms with E-state index in [1.165, 1.54) is 37.5 Å². The molecule has 0 aliphatic heterocycles. The van der Waals surface area contributed by atoms with Crippen LogP contribution in [0.1, 0.15) is 49.4 Å². The van der Waals surface area contributed by atoms with E-state index in [4.69, 9.17) is 11.6 Å². The molecule has 0 radical (unpaired) electrons. The standard InChI is InChI=1S/C15H19ClFNO/c1-2-10-3-6-12(7-4-10)18-15(19)13-8-5-11(17)9-14(13)16/h5,8-10,12H,2-4,6-7H2,1H3,(H,18,19). The number of amides is 1. The van der Waals surface area contributed by atoms with Gasteiger partial charge >= 0.3 is 0 Å². The molecule has 1 aromatic rings. The Kier molecular flexibility index (Phi) is 4.81. The van der Waals surface area contributed by atoms with Crippen LogP contribution in [0.4, 0.5) is 4.39 Å². The first-order valence-corrected chi connectivity index (χ1v) is 7.24. The molecule has 0 aromatic heterocycles. The van der Waals surface area contributed by atoms with Crippen LogP contribution >= 0.6 is 11.6 Å². The first kappa shape index (κ1) is 14.3. The van der Waals surface area contributed by atoms with E-state index in [0.29, 0.717) is 5.56 Å². The summed E-state index contributed by atoms with van der Waals surface area (Å²) in [7, 11) is 0. The number of halogens is 2. The zero-order valence-corrected chi connectivity index (χ0v) is 11.8. The second kappa shape index (κ2) is 6.38. The second-order valence-electron chi connectivity index (χ2n) is 5.22. The molecule has 1 saturated carbocycles. The van der Waals surface area contributed by atoms with Gasteiger partial charge in [0.15, 0.2) is 0 Å². The van der Waals surface area contributed by atoms with Gasteiger partial charge in [0.1, 0.15) is 5.82 Å². The van der Waals surface area contributed by atoms with Crippen LogP contribution in [0.2, 0.25) is 5.02 Å². The lowest BCUT2D eigenvalue weighted by Gasteiger charge is -2.28.